The molecule has 6 nitrogen and oxygen atoms in total. The van der Waals surface area contributed by atoms with Gasteiger partial charge in [-0.15, -0.1) is 0 Å². The topological polar surface area (TPSA) is 92.5 Å². The molecular formula is C14H23N3O3S. The van der Waals surface area contributed by atoms with Gasteiger partial charge in [-0.05, 0) is 24.6 Å². The number of hydrogen-bond acceptors (Lipinski definition) is 4. The Kier molecular flexibility index (Phi) is 6.32. The predicted octanol–water partition coefficient (Wildman–Crippen LogP) is 1.39. The number of rotatable bonds is 7. The van der Waals surface area contributed by atoms with Gasteiger partial charge in [0.25, 0.3) is 0 Å². The van der Waals surface area contributed by atoms with E-state index in [1.807, 2.05) is 6.92 Å². The Morgan fingerprint density at radius 2 is 2.05 bits per heavy atom. The lowest BCUT2D eigenvalue weighted by atomic mass is 10.1. The highest BCUT2D eigenvalue weighted by atomic mass is 32.2. The van der Waals surface area contributed by atoms with E-state index in [1.165, 1.54) is 26.2 Å². The molecule has 21 heavy (non-hydrogen) atoms. The third kappa shape index (κ3) is 4.80. The zero-order chi connectivity index (χ0) is 16.0. The number of amides is 1. The van der Waals surface area contributed by atoms with Crippen LogP contribution in [0.1, 0.15) is 26.2 Å². The largest absolute Gasteiger partial charge is 0.325 e. The quantitative estimate of drug-likeness (QED) is 0.795. The molecule has 0 saturated heterocycles. The van der Waals surface area contributed by atoms with E-state index in [0.29, 0.717) is 12.1 Å². The Bertz CT molecular complexity index is 585. The normalized spacial score (nSPS) is 13.2. The Morgan fingerprint density at radius 3 is 2.62 bits per heavy atom. The lowest BCUT2D eigenvalue weighted by molar-refractivity contribution is -0.117. The number of benzene rings is 1. The Hall–Kier alpha value is -1.44. The molecule has 0 radical (unpaired) electrons. The number of unbranched alkanes of at least 4 members (excludes halogenated alkanes) is 1. The number of anilines is 1. The van der Waals surface area contributed by atoms with E-state index in [2.05, 4.69) is 5.32 Å². The molecule has 1 atom stereocenters. The van der Waals surface area contributed by atoms with Crippen LogP contribution in [-0.2, 0) is 14.8 Å². The molecule has 0 saturated carbocycles. The van der Waals surface area contributed by atoms with Crippen LogP contribution in [0.3, 0.4) is 0 Å². The average Bonchev–Trinajstić information content (AvgIpc) is 2.44. The number of nitrogens with one attached hydrogen (secondary N) is 1. The van der Waals surface area contributed by atoms with Crippen LogP contribution in [0.4, 0.5) is 5.69 Å². The third-order valence-corrected chi connectivity index (χ3v) is 4.90. The Labute approximate surface area is 126 Å². The van der Waals surface area contributed by atoms with Gasteiger partial charge in [0, 0.05) is 19.8 Å². The molecule has 3 N–H and O–H groups in total. The van der Waals surface area contributed by atoms with Gasteiger partial charge in [-0.1, -0.05) is 25.8 Å². The van der Waals surface area contributed by atoms with E-state index in [0.717, 1.165) is 17.1 Å². The highest BCUT2D eigenvalue weighted by Gasteiger charge is 2.18. The molecule has 7 heteroatoms. The monoisotopic (exact) mass is 313 g/mol. The molecule has 0 aromatic heterocycles. The van der Waals surface area contributed by atoms with Gasteiger partial charge >= 0.3 is 0 Å². The van der Waals surface area contributed by atoms with Crippen molar-refractivity contribution in [2.24, 2.45) is 5.73 Å². The van der Waals surface area contributed by atoms with Gasteiger partial charge in [0.2, 0.25) is 15.9 Å². The number of nitrogens with zero attached hydrogens (tertiary/aromatic N) is 1. The summed E-state index contributed by atoms with van der Waals surface area (Å²) in [5.74, 6) is -0.303. The second-order valence-electron chi connectivity index (χ2n) is 5.05. The summed E-state index contributed by atoms with van der Waals surface area (Å²) in [6.45, 7) is 2.03. The van der Waals surface area contributed by atoms with E-state index in [9.17, 15) is 13.2 Å². The first kappa shape index (κ1) is 17.6. The van der Waals surface area contributed by atoms with Crippen LogP contribution >= 0.6 is 0 Å². The lowest BCUT2D eigenvalue weighted by Crippen LogP contribution is -2.35. The molecule has 1 rings (SSSR count). The summed E-state index contributed by atoms with van der Waals surface area (Å²) in [5.41, 5.74) is 6.21. The molecule has 0 bridgehead atoms. The van der Waals surface area contributed by atoms with Gasteiger partial charge < -0.3 is 11.1 Å². The number of carbonyl (C=O) groups excluding carboxylic acids is 1. The summed E-state index contributed by atoms with van der Waals surface area (Å²) < 4.78 is 25.2. The Balaban J connectivity index is 2.85. The average molecular weight is 313 g/mol. The number of carbonyl (C=O) groups is 1. The van der Waals surface area contributed by atoms with Gasteiger partial charge in [0.1, 0.15) is 0 Å². The van der Waals surface area contributed by atoms with Crippen LogP contribution < -0.4 is 11.1 Å². The molecule has 1 aromatic rings. The van der Waals surface area contributed by atoms with Crippen molar-refractivity contribution >= 4 is 21.6 Å². The van der Waals surface area contributed by atoms with Crippen molar-refractivity contribution in [3.63, 3.8) is 0 Å². The van der Waals surface area contributed by atoms with Crippen molar-refractivity contribution < 1.29 is 13.2 Å². The fourth-order valence-electron chi connectivity index (χ4n) is 1.74. The molecule has 0 unspecified atom stereocenters. The second-order valence-corrected chi connectivity index (χ2v) is 7.21. The van der Waals surface area contributed by atoms with Gasteiger partial charge in [-0.25, -0.2) is 12.7 Å². The minimum absolute atomic E-state index is 0.132. The maximum atomic E-state index is 12.0. The fourth-order valence-corrected chi connectivity index (χ4v) is 2.68. The van der Waals surface area contributed by atoms with Crippen molar-refractivity contribution in [2.75, 3.05) is 19.4 Å². The van der Waals surface area contributed by atoms with E-state index in [4.69, 9.17) is 5.73 Å². The van der Waals surface area contributed by atoms with Crippen molar-refractivity contribution in [3.8, 4) is 0 Å². The molecule has 118 valence electrons. The van der Waals surface area contributed by atoms with Gasteiger partial charge in [-0.2, -0.15) is 0 Å². The standard InChI is InChI=1S/C14H23N3O3S/c1-4-5-9-13(15)14(18)16-11-7-6-8-12(10-11)21(19,20)17(2)3/h6-8,10,13H,4-5,9,15H2,1-3H3,(H,16,18)/t13-/m0/s1. The second kappa shape index (κ2) is 7.53. The SMILES string of the molecule is CCCC[C@H](N)C(=O)Nc1cccc(S(=O)(=O)N(C)C)c1. The number of sulfonamides is 1. The summed E-state index contributed by atoms with van der Waals surface area (Å²) in [5, 5.41) is 2.66. The Morgan fingerprint density at radius 1 is 1.38 bits per heavy atom. The van der Waals surface area contributed by atoms with E-state index < -0.39 is 16.1 Å². The molecule has 1 amide bonds. The van der Waals surface area contributed by atoms with Crippen LogP contribution in [0.25, 0.3) is 0 Å². The zero-order valence-corrected chi connectivity index (χ0v) is 13.5. The highest BCUT2D eigenvalue weighted by Crippen LogP contribution is 2.18. The van der Waals surface area contributed by atoms with Crippen LogP contribution in [0.5, 0.6) is 0 Å². The maximum Gasteiger partial charge on any atom is 0.242 e. The zero-order valence-electron chi connectivity index (χ0n) is 12.7. The maximum absolute atomic E-state index is 12.0. The van der Waals surface area contributed by atoms with Crippen LogP contribution in [-0.4, -0.2) is 38.8 Å². The molecule has 1 aromatic carbocycles. The third-order valence-electron chi connectivity index (χ3n) is 3.09. The minimum atomic E-state index is -3.52. The molecule has 0 spiro atoms. The van der Waals surface area contributed by atoms with Gasteiger partial charge in [-0.3, -0.25) is 4.79 Å². The van der Waals surface area contributed by atoms with E-state index in [-0.39, 0.29) is 10.8 Å². The highest BCUT2D eigenvalue weighted by molar-refractivity contribution is 7.89. The van der Waals surface area contributed by atoms with Crippen LogP contribution in [0.15, 0.2) is 29.2 Å². The summed E-state index contributed by atoms with van der Waals surface area (Å²) in [6.07, 6.45) is 2.46. The summed E-state index contributed by atoms with van der Waals surface area (Å²) in [4.78, 5) is 12.0. The van der Waals surface area contributed by atoms with E-state index >= 15 is 0 Å². The van der Waals surface area contributed by atoms with Crippen molar-refractivity contribution in [3.05, 3.63) is 24.3 Å². The first-order chi connectivity index (χ1) is 9.78. The van der Waals surface area contributed by atoms with Crippen molar-refractivity contribution in [1.29, 1.82) is 0 Å². The fraction of sp³-hybridized carbons (Fsp3) is 0.500. The predicted molar refractivity (Wildman–Crippen MR) is 83.4 cm³/mol. The molecule has 0 aliphatic rings. The summed E-state index contributed by atoms with van der Waals surface area (Å²) >= 11 is 0. The smallest absolute Gasteiger partial charge is 0.242 e. The van der Waals surface area contributed by atoms with Crippen LogP contribution in [0, 0.1) is 0 Å². The first-order valence-corrected chi connectivity index (χ1v) is 8.32. The van der Waals surface area contributed by atoms with Gasteiger partial charge in [0.15, 0.2) is 0 Å². The molecule has 0 aliphatic heterocycles. The van der Waals surface area contributed by atoms with E-state index in [1.54, 1.807) is 12.1 Å². The van der Waals surface area contributed by atoms with Crippen molar-refractivity contribution in [1.82, 2.24) is 4.31 Å². The summed E-state index contributed by atoms with van der Waals surface area (Å²) in [7, 11) is -0.600. The first-order valence-electron chi connectivity index (χ1n) is 6.88. The number of nitrogens with two attached hydrogens (primary N) is 1. The molecule has 0 heterocycles. The van der Waals surface area contributed by atoms with Crippen LogP contribution in [0.2, 0.25) is 0 Å². The summed E-state index contributed by atoms with van der Waals surface area (Å²) in [6, 6.07) is 5.56. The molecule has 0 fully saturated rings. The number of hydrogen-bond donors (Lipinski definition) is 2. The van der Waals surface area contributed by atoms with Gasteiger partial charge in [0.05, 0.1) is 10.9 Å². The molecule has 0 aliphatic carbocycles. The minimum Gasteiger partial charge on any atom is -0.325 e. The molecular weight excluding hydrogens is 290 g/mol. The lowest BCUT2D eigenvalue weighted by Gasteiger charge is -2.14. The van der Waals surface area contributed by atoms with Crippen molar-refractivity contribution in [2.45, 2.75) is 37.1 Å².